The predicted octanol–water partition coefficient (Wildman–Crippen LogP) is 2.71. The first-order chi connectivity index (χ1) is 8.19. The Labute approximate surface area is 106 Å². The molecule has 3 N–H and O–H groups in total. The normalized spacial score (nSPS) is 10.3. The van der Waals surface area contributed by atoms with E-state index < -0.39 is 5.82 Å². The van der Waals surface area contributed by atoms with Crippen LogP contribution >= 0.6 is 23.4 Å². The van der Waals surface area contributed by atoms with E-state index in [1.165, 1.54) is 11.8 Å². The van der Waals surface area contributed by atoms with Crippen LogP contribution in [0.1, 0.15) is 0 Å². The summed E-state index contributed by atoms with van der Waals surface area (Å²) in [6.45, 7) is 0. The van der Waals surface area contributed by atoms with Gasteiger partial charge in [-0.15, -0.1) is 0 Å². The van der Waals surface area contributed by atoms with Crippen molar-refractivity contribution in [3.63, 3.8) is 0 Å². The molecule has 0 radical (unpaired) electrons. The molecule has 0 aliphatic rings. The molecule has 4 nitrogen and oxygen atoms in total. The van der Waals surface area contributed by atoms with Crippen LogP contribution in [-0.2, 0) is 0 Å². The number of rotatable bonds is 3. The largest absolute Gasteiger partial charge is 0.292 e. The fourth-order valence-electron chi connectivity index (χ4n) is 1.11. The van der Waals surface area contributed by atoms with Crippen LogP contribution in [-0.4, -0.2) is 9.97 Å². The molecule has 17 heavy (non-hydrogen) atoms. The van der Waals surface area contributed by atoms with Crippen molar-refractivity contribution in [1.29, 1.82) is 0 Å². The number of hydrogen-bond acceptors (Lipinski definition) is 5. The summed E-state index contributed by atoms with van der Waals surface area (Å²) in [5.41, 5.74) is 2.27. The van der Waals surface area contributed by atoms with Crippen LogP contribution in [0.5, 0.6) is 0 Å². The summed E-state index contributed by atoms with van der Waals surface area (Å²) < 4.78 is 13.4. The van der Waals surface area contributed by atoms with Gasteiger partial charge in [0.25, 0.3) is 0 Å². The number of halogens is 2. The molecular formula is C10H8ClFN4S. The van der Waals surface area contributed by atoms with E-state index in [1.807, 2.05) is 0 Å². The lowest BCUT2D eigenvalue weighted by Crippen LogP contribution is -2.11. The summed E-state index contributed by atoms with van der Waals surface area (Å²) in [5.74, 6) is 4.83. The summed E-state index contributed by atoms with van der Waals surface area (Å²) >= 11 is 6.93. The highest BCUT2D eigenvalue weighted by Gasteiger charge is 2.08. The van der Waals surface area contributed by atoms with Gasteiger partial charge in [-0.2, -0.15) is 0 Å². The van der Waals surface area contributed by atoms with E-state index in [9.17, 15) is 4.39 Å². The molecule has 0 saturated carbocycles. The van der Waals surface area contributed by atoms with Crippen LogP contribution in [0, 0.1) is 5.82 Å². The molecule has 1 aromatic carbocycles. The average Bonchev–Trinajstić information content (AvgIpc) is 2.35. The van der Waals surface area contributed by atoms with E-state index in [0.29, 0.717) is 5.02 Å². The van der Waals surface area contributed by atoms with Crippen LogP contribution < -0.4 is 11.3 Å². The lowest BCUT2D eigenvalue weighted by atomic mass is 10.4. The van der Waals surface area contributed by atoms with E-state index in [-0.39, 0.29) is 11.0 Å². The Kier molecular flexibility index (Phi) is 3.78. The zero-order valence-corrected chi connectivity index (χ0v) is 10.1. The fraction of sp³-hybridized carbons (Fsp3) is 0. The van der Waals surface area contributed by atoms with E-state index >= 15 is 0 Å². The second-order valence-corrected chi connectivity index (χ2v) is 4.55. The van der Waals surface area contributed by atoms with Gasteiger partial charge in [0.2, 0.25) is 5.95 Å². The molecule has 0 amide bonds. The van der Waals surface area contributed by atoms with Gasteiger partial charge in [0.05, 0.1) is 6.20 Å². The third-order valence-electron chi connectivity index (χ3n) is 1.87. The average molecular weight is 271 g/mol. The molecular weight excluding hydrogens is 263 g/mol. The van der Waals surface area contributed by atoms with Crippen molar-refractivity contribution in [3.05, 3.63) is 41.3 Å². The number of benzene rings is 1. The van der Waals surface area contributed by atoms with E-state index in [4.69, 9.17) is 17.4 Å². The SMILES string of the molecule is NNc1ncc(F)c(Sc2ccc(Cl)cc2)n1. The highest BCUT2D eigenvalue weighted by Crippen LogP contribution is 2.29. The third kappa shape index (κ3) is 3.06. The second kappa shape index (κ2) is 5.31. The van der Waals surface area contributed by atoms with Crippen molar-refractivity contribution in [2.75, 3.05) is 5.43 Å². The van der Waals surface area contributed by atoms with Gasteiger partial charge in [0, 0.05) is 9.92 Å². The maximum atomic E-state index is 13.4. The molecule has 1 aromatic heterocycles. The standard InChI is InChI=1S/C10H8ClFN4S/c11-6-1-3-7(4-2-6)17-9-8(12)5-14-10(15-9)16-13/h1-5H,13H2,(H,14,15,16). The Morgan fingerprint density at radius 3 is 2.65 bits per heavy atom. The minimum Gasteiger partial charge on any atom is -0.292 e. The Balaban J connectivity index is 2.25. The van der Waals surface area contributed by atoms with Gasteiger partial charge in [-0.25, -0.2) is 20.2 Å². The quantitative estimate of drug-likeness (QED) is 0.510. The fourth-order valence-corrected chi connectivity index (χ4v) is 2.01. The number of nitrogens with one attached hydrogen (secondary N) is 1. The zero-order valence-electron chi connectivity index (χ0n) is 8.52. The van der Waals surface area contributed by atoms with Crippen molar-refractivity contribution >= 4 is 29.3 Å². The summed E-state index contributed by atoms with van der Waals surface area (Å²) in [6, 6.07) is 7.02. The summed E-state index contributed by atoms with van der Waals surface area (Å²) in [7, 11) is 0. The van der Waals surface area contributed by atoms with Gasteiger partial charge >= 0.3 is 0 Å². The number of nitrogens with two attached hydrogens (primary N) is 1. The van der Waals surface area contributed by atoms with Gasteiger partial charge < -0.3 is 0 Å². The molecule has 88 valence electrons. The van der Waals surface area contributed by atoms with Crippen LogP contribution in [0.15, 0.2) is 40.4 Å². The Morgan fingerprint density at radius 1 is 1.29 bits per heavy atom. The summed E-state index contributed by atoms with van der Waals surface area (Å²) in [4.78, 5) is 8.40. The topological polar surface area (TPSA) is 63.8 Å². The van der Waals surface area contributed by atoms with Crippen LogP contribution in [0.3, 0.4) is 0 Å². The molecule has 0 spiro atoms. The van der Waals surface area contributed by atoms with Gasteiger partial charge in [0.1, 0.15) is 5.03 Å². The van der Waals surface area contributed by atoms with Gasteiger partial charge in [-0.05, 0) is 24.3 Å². The van der Waals surface area contributed by atoms with Crippen molar-refractivity contribution in [3.8, 4) is 0 Å². The Bertz CT molecular complexity index is 520. The first-order valence-electron chi connectivity index (χ1n) is 4.61. The van der Waals surface area contributed by atoms with Crippen LogP contribution in [0.2, 0.25) is 5.02 Å². The van der Waals surface area contributed by atoms with Gasteiger partial charge in [-0.1, -0.05) is 23.4 Å². The third-order valence-corrected chi connectivity index (χ3v) is 3.11. The van der Waals surface area contributed by atoms with Crippen molar-refractivity contribution < 1.29 is 4.39 Å². The molecule has 7 heteroatoms. The van der Waals surface area contributed by atoms with Gasteiger partial charge in [0.15, 0.2) is 5.82 Å². The Morgan fingerprint density at radius 2 is 2.00 bits per heavy atom. The van der Waals surface area contributed by atoms with E-state index in [2.05, 4.69) is 15.4 Å². The highest BCUT2D eigenvalue weighted by atomic mass is 35.5. The number of nitrogens with zero attached hydrogens (tertiary/aromatic N) is 2. The van der Waals surface area contributed by atoms with Crippen molar-refractivity contribution in [2.45, 2.75) is 9.92 Å². The first-order valence-corrected chi connectivity index (χ1v) is 5.81. The number of anilines is 1. The van der Waals surface area contributed by atoms with Crippen LogP contribution in [0.4, 0.5) is 10.3 Å². The smallest absolute Gasteiger partial charge is 0.238 e. The molecule has 0 saturated heterocycles. The number of hydrogen-bond donors (Lipinski definition) is 2. The molecule has 0 aliphatic heterocycles. The monoisotopic (exact) mass is 270 g/mol. The molecule has 0 aliphatic carbocycles. The minimum absolute atomic E-state index is 0.169. The second-order valence-electron chi connectivity index (χ2n) is 3.05. The van der Waals surface area contributed by atoms with E-state index in [1.54, 1.807) is 24.3 Å². The molecule has 0 bridgehead atoms. The van der Waals surface area contributed by atoms with Crippen molar-refractivity contribution in [1.82, 2.24) is 9.97 Å². The number of hydrazine groups is 1. The molecule has 1 heterocycles. The lowest BCUT2D eigenvalue weighted by molar-refractivity contribution is 0.580. The minimum atomic E-state index is -0.496. The predicted molar refractivity (Wildman–Crippen MR) is 65.4 cm³/mol. The zero-order chi connectivity index (χ0) is 12.3. The molecule has 2 aromatic rings. The lowest BCUT2D eigenvalue weighted by Gasteiger charge is -2.04. The Hall–Kier alpha value is -1.37. The van der Waals surface area contributed by atoms with Gasteiger partial charge in [-0.3, -0.25) is 5.43 Å². The maximum absolute atomic E-state index is 13.4. The van der Waals surface area contributed by atoms with Crippen LogP contribution in [0.25, 0.3) is 0 Å². The maximum Gasteiger partial charge on any atom is 0.238 e. The van der Waals surface area contributed by atoms with E-state index in [0.717, 1.165) is 11.1 Å². The highest BCUT2D eigenvalue weighted by molar-refractivity contribution is 7.99. The summed E-state index contributed by atoms with van der Waals surface area (Å²) in [5, 5.41) is 0.831. The molecule has 0 atom stereocenters. The van der Waals surface area contributed by atoms with Crippen molar-refractivity contribution in [2.24, 2.45) is 5.84 Å². The molecule has 0 unspecified atom stereocenters. The molecule has 2 rings (SSSR count). The first kappa shape index (κ1) is 12.1. The number of aromatic nitrogens is 2. The molecule has 0 fully saturated rings. The number of nitrogen functional groups attached to an aromatic ring is 1. The summed E-state index contributed by atoms with van der Waals surface area (Å²) in [6.07, 6.45) is 1.07.